The molecule has 14 unspecified atom stereocenters. The van der Waals surface area contributed by atoms with Crippen LogP contribution in [0.15, 0.2) is 36.6 Å². The summed E-state index contributed by atoms with van der Waals surface area (Å²) in [6.07, 6.45) is -14.9. The molecule has 4 aliphatic rings. The Labute approximate surface area is 292 Å². The average Bonchev–Trinajstić information content (AvgIpc) is 3.11. The maximum Gasteiger partial charge on any atom is 0.337 e. The van der Waals surface area contributed by atoms with Crippen LogP contribution >= 0.6 is 0 Å². The molecule has 0 spiro atoms. The third kappa shape index (κ3) is 7.72. The highest BCUT2D eigenvalue weighted by molar-refractivity contribution is 5.89. The quantitative estimate of drug-likeness (QED) is 0.0679. The van der Waals surface area contributed by atoms with Gasteiger partial charge in [-0.05, 0) is 36.1 Å². The first-order valence-corrected chi connectivity index (χ1v) is 16.4. The van der Waals surface area contributed by atoms with Crippen molar-refractivity contribution < 1.29 is 84.0 Å². The zero-order valence-electron chi connectivity index (χ0n) is 27.9. The molecule has 284 valence electrons. The minimum absolute atomic E-state index is 0.0581. The number of aliphatic hydroxyl groups excluding tert-OH is 7. The number of aliphatic hydroxyl groups is 7. The van der Waals surface area contributed by atoms with E-state index in [0.717, 1.165) is 6.26 Å². The molecule has 1 aromatic carbocycles. The maximum absolute atomic E-state index is 13.0. The lowest BCUT2D eigenvalue weighted by molar-refractivity contribution is -0.352. The Hall–Kier alpha value is -3.40. The molecule has 0 saturated carbocycles. The molecule has 0 bridgehead atoms. The van der Waals surface area contributed by atoms with Crippen LogP contribution < -0.4 is 0 Å². The molecule has 0 aliphatic carbocycles. The lowest BCUT2D eigenvalue weighted by atomic mass is 9.76. The molecule has 0 aromatic heterocycles. The van der Waals surface area contributed by atoms with Gasteiger partial charge in [0.15, 0.2) is 24.1 Å². The number of carbonyl (C=O) groups excluding carboxylic acids is 2. The SMILES string of the molecule is C=CC1C(OC2OC(COC3OC(CO)C(O)C(O)C3O)C(O)C(O)C2O)OC=C(C(=O)OC)C1CC1c2cc(O)c(O)cc2CCN1C(C)=O. The van der Waals surface area contributed by atoms with E-state index in [1.807, 2.05) is 0 Å². The summed E-state index contributed by atoms with van der Waals surface area (Å²) in [6.45, 7) is 4.25. The van der Waals surface area contributed by atoms with Crippen molar-refractivity contribution in [1.82, 2.24) is 4.90 Å². The lowest BCUT2D eigenvalue weighted by Crippen LogP contribution is -2.62. The highest BCUT2D eigenvalue weighted by Gasteiger charge is 2.50. The summed E-state index contributed by atoms with van der Waals surface area (Å²) in [6, 6.07) is 2.09. The zero-order chi connectivity index (χ0) is 37.3. The number of phenols is 2. The Bertz CT molecular complexity index is 1450. The standard InChI is InChI=1S/C33H45NO17/c1-4-15-17(8-19-16-9-21(38)20(37)7-14(16)5-6-34(19)13(2)36)18(30(45)46-3)11-47-31(15)51-33-29(44)27(42)25(40)23(50-33)12-48-32-28(43)26(41)24(39)22(10-35)49-32/h4,7,9,11,15,17,19,22-29,31-33,35,37-44H,1,5-6,8,10,12H2,2-3H3. The number of fused-ring (bicyclic) bond motifs is 1. The summed E-state index contributed by atoms with van der Waals surface area (Å²) in [5.41, 5.74) is 1.30. The van der Waals surface area contributed by atoms with E-state index >= 15 is 0 Å². The van der Waals surface area contributed by atoms with Gasteiger partial charge in [0.1, 0.15) is 48.8 Å². The van der Waals surface area contributed by atoms with Crippen LogP contribution in [0, 0.1) is 11.8 Å². The van der Waals surface area contributed by atoms with Gasteiger partial charge in [0.2, 0.25) is 12.2 Å². The zero-order valence-corrected chi connectivity index (χ0v) is 27.9. The van der Waals surface area contributed by atoms with Crippen molar-refractivity contribution in [2.24, 2.45) is 11.8 Å². The highest BCUT2D eigenvalue weighted by Crippen LogP contribution is 2.45. The summed E-state index contributed by atoms with van der Waals surface area (Å²) >= 11 is 0. The first-order valence-electron chi connectivity index (χ1n) is 16.4. The first-order chi connectivity index (χ1) is 24.2. The van der Waals surface area contributed by atoms with Gasteiger partial charge in [-0.25, -0.2) is 4.79 Å². The number of hydrogen-bond acceptors (Lipinski definition) is 17. The van der Waals surface area contributed by atoms with Gasteiger partial charge >= 0.3 is 5.97 Å². The Morgan fingerprint density at radius 1 is 0.922 bits per heavy atom. The third-order valence-electron chi connectivity index (χ3n) is 9.89. The van der Waals surface area contributed by atoms with Crippen LogP contribution in [0.3, 0.4) is 0 Å². The van der Waals surface area contributed by atoms with Crippen LogP contribution in [-0.4, -0.2) is 157 Å². The number of esters is 1. The van der Waals surface area contributed by atoms with E-state index in [1.165, 1.54) is 32.2 Å². The number of aromatic hydroxyl groups is 2. The van der Waals surface area contributed by atoms with Gasteiger partial charge in [0.05, 0.1) is 38.2 Å². The van der Waals surface area contributed by atoms with E-state index in [4.69, 9.17) is 28.4 Å². The van der Waals surface area contributed by atoms with Gasteiger partial charge in [-0.15, -0.1) is 6.58 Å². The average molecular weight is 728 g/mol. The fourth-order valence-electron chi connectivity index (χ4n) is 7.01. The van der Waals surface area contributed by atoms with Crippen molar-refractivity contribution in [1.29, 1.82) is 0 Å². The summed E-state index contributed by atoms with van der Waals surface area (Å²) in [4.78, 5) is 27.4. The minimum Gasteiger partial charge on any atom is -0.504 e. The van der Waals surface area contributed by atoms with Gasteiger partial charge in [-0.3, -0.25) is 4.79 Å². The molecule has 18 heteroatoms. The summed E-state index contributed by atoms with van der Waals surface area (Å²) in [5.74, 6) is -3.45. The van der Waals surface area contributed by atoms with Crippen LogP contribution in [0.2, 0.25) is 0 Å². The number of ether oxygens (including phenoxy) is 6. The molecular formula is C33H45NO17. The number of carbonyl (C=O) groups is 2. The predicted molar refractivity (Wildman–Crippen MR) is 168 cm³/mol. The number of phenolic OH excluding ortho intramolecular Hbond substituents is 2. The number of benzene rings is 1. The van der Waals surface area contributed by atoms with Crippen molar-refractivity contribution in [3.63, 3.8) is 0 Å². The van der Waals surface area contributed by atoms with Crippen LogP contribution in [0.25, 0.3) is 0 Å². The molecule has 0 radical (unpaired) electrons. The molecule has 9 N–H and O–H groups in total. The number of hydrogen-bond donors (Lipinski definition) is 9. The molecule has 1 amide bonds. The van der Waals surface area contributed by atoms with E-state index in [1.54, 1.807) is 4.90 Å². The number of amides is 1. The lowest BCUT2D eigenvalue weighted by Gasteiger charge is -2.45. The van der Waals surface area contributed by atoms with E-state index in [-0.39, 0.29) is 30.2 Å². The Kier molecular flexibility index (Phi) is 12.2. The third-order valence-corrected chi connectivity index (χ3v) is 9.89. The Morgan fingerprint density at radius 2 is 1.55 bits per heavy atom. The van der Waals surface area contributed by atoms with Crippen molar-refractivity contribution in [2.45, 2.75) is 93.5 Å². The first kappa shape index (κ1) is 38.8. The Balaban J connectivity index is 1.37. The second-order valence-electron chi connectivity index (χ2n) is 12.9. The van der Waals surface area contributed by atoms with Crippen molar-refractivity contribution in [3.05, 3.63) is 47.7 Å². The fraction of sp³-hybridized carbons (Fsp3) is 0.636. The molecule has 14 atom stereocenters. The molecule has 1 aromatic rings. The van der Waals surface area contributed by atoms with Crippen LogP contribution in [-0.2, 0) is 44.4 Å². The van der Waals surface area contributed by atoms with Gasteiger partial charge in [0, 0.05) is 25.3 Å². The second kappa shape index (κ2) is 16.1. The van der Waals surface area contributed by atoms with Crippen LogP contribution in [0.1, 0.15) is 30.5 Å². The van der Waals surface area contributed by atoms with Gasteiger partial charge < -0.3 is 79.3 Å². The van der Waals surface area contributed by atoms with Gasteiger partial charge in [-0.1, -0.05) is 6.08 Å². The van der Waals surface area contributed by atoms with E-state index in [0.29, 0.717) is 17.5 Å². The fourth-order valence-corrected chi connectivity index (χ4v) is 7.01. The molecule has 51 heavy (non-hydrogen) atoms. The van der Waals surface area contributed by atoms with E-state index in [2.05, 4.69) is 6.58 Å². The smallest absolute Gasteiger partial charge is 0.337 e. The molecule has 4 heterocycles. The van der Waals surface area contributed by atoms with Crippen molar-refractivity contribution in [2.75, 3.05) is 26.9 Å². The highest BCUT2D eigenvalue weighted by atomic mass is 16.8. The van der Waals surface area contributed by atoms with Gasteiger partial charge in [0.25, 0.3) is 0 Å². The summed E-state index contributed by atoms with van der Waals surface area (Å²) in [5, 5.41) is 92.6. The van der Waals surface area contributed by atoms with E-state index < -0.39 is 111 Å². The predicted octanol–water partition coefficient (Wildman–Crippen LogP) is -2.59. The molecule has 4 aliphatic heterocycles. The monoisotopic (exact) mass is 727 g/mol. The molecular weight excluding hydrogens is 682 g/mol. The molecule has 5 rings (SSSR count). The van der Waals surface area contributed by atoms with Crippen LogP contribution in [0.5, 0.6) is 11.5 Å². The van der Waals surface area contributed by atoms with E-state index in [9.17, 15) is 55.5 Å². The minimum atomic E-state index is -1.85. The molecule has 18 nitrogen and oxygen atoms in total. The van der Waals surface area contributed by atoms with Crippen molar-refractivity contribution >= 4 is 11.9 Å². The van der Waals surface area contributed by atoms with Crippen LogP contribution in [0.4, 0.5) is 0 Å². The maximum atomic E-state index is 13.0. The second-order valence-corrected chi connectivity index (χ2v) is 12.9. The van der Waals surface area contributed by atoms with Gasteiger partial charge in [-0.2, -0.15) is 0 Å². The molecule has 2 saturated heterocycles. The largest absolute Gasteiger partial charge is 0.504 e. The number of methoxy groups -OCH3 is 1. The molecule has 2 fully saturated rings. The number of nitrogens with zero attached hydrogens (tertiary/aromatic N) is 1. The summed E-state index contributed by atoms with van der Waals surface area (Å²) in [7, 11) is 1.18. The normalized spacial score (nSPS) is 38.2. The number of rotatable bonds is 10. The van der Waals surface area contributed by atoms with Crippen molar-refractivity contribution in [3.8, 4) is 11.5 Å². The topological polar surface area (TPSA) is 275 Å². The summed E-state index contributed by atoms with van der Waals surface area (Å²) < 4.78 is 33.4. The Morgan fingerprint density at radius 3 is 2.18 bits per heavy atom.